The average molecular weight is 267 g/mol. The van der Waals surface area contributed by atoms with Gasteiger partial charge in [-0.15, -0.1) is 0 Å². The van der Waals surface area contributed by atoms with Gasteiger partial charge in [0.25, 0.3) is 0 Å². The molecule has 0 aliphatic rings. The van der Waals surface area contributed by atoms with E-state index in [1.54, 1.807) is 12.2 Å². The van der Waals surface area contributed by atoms with Gasteiger partial charge >= 0.3 is 0 Å². The smallest absolute Gasteiger partial charge is 0.0923 e. The Morgan fingerprint density at radius 2 is 1.84 bits per heavy atom. The van der Waals surface area contributed by atoms with Crippen LogP contribution in [0, 0.1) is 0 Å². The quantitative estimate of drug-likeness (QED) is 0.769. The zero-order valence-corrected chi connectivity index (χ0v) is 12.3. The van der Waals surface area contributed by atoms with Crippen molar-refractivity contribution in [2.75, 3.05) is 20.3 Å². The first-order valence-corrected chi connectivity index (χ1v) is 6.56. The fourth-order valence-electron chi connectivity index (χ4n) is 1.62. The molecule has 19 heavy (non-hydrogen) atoms. The number of hydrogen-bond donors (Lipinski definition) is 1. The molecule has 0 aliphatic heterocycles. The van der Waals surface area contributed by atoms with Crippen molar-refractivity contribution in [1.82, 2.24) is 5.06 Å². The van der Waals surface area contributed by atoms with Crippen LogP contribution in [0.25, 0.3) is 0 Å². The summed E-state index contributed by atoms with van der Waals surface area (Å²) in [5.74, 6) is 0. The zero-order valence-electron chi connectivity index (χ0n) is 12.3. The third kappa shape index (κ3) is 7.28. The van der Waals surface area contributed by atoms with E-state index in [4.69, 9.17) is 9.57 Å². The maximum atomic E-state index is 9.95. The third-order valence-corrected chi connectivity index (χ3v) is 2.58. The van der Waals surface area contributed by atoms with Crippen molar-refractivity contribution in [2.24, 2.45) is 0 Å². The van der Waals surface area contributed by atoms with Crippen LogP contribution in [0.3, 0.4) is 0 Å². The lowest BCUT2D eigenvalue weighted by Gasteiger charge is -2.25. The van der Waals surface area contributed by atoms with Crippen LogP contribution in [0.4, 0.5) is 0 Å². The van der Waals surface area contributed by atoms with E-state index in [-0.39, 0.29) is 5.60 Å². The first-order chi connectivity index (χ1) is 8.90. The Morgan fingerprint density at radius 1 is 1.21 bits per heavy atom. The van der Waals surface area contributed by atoms with E-state index in [1.165, 1.54) is 0 Å². The van der Waals surface area contributed by atoms with Gasteiger partial charge in [0, 0.05) is 6.54 Å². The van der Waals surface area contributed by atoms with E-state index in [2.05, 4.69) is 0 Å². The molecule has 0 radical (unpaired) electrons. The normalized spacial score (nSPS) is 13.8. The topological polar surface area (TPSA) is 41.9 Å². The van der Waals surface area contributed by atoms with Gasteiger partial charge in [0.1, 0.15) is 0 Å². The monoisotopic (exact) mass is 267 g/mol. The maximum Gasteiger partial charge on any atom is 0.0923 e. The molecule has 0 spiro atoms. The highest BCUT2D eigenvalue weighted by Crippen LogP contribution is 2.09. The van der Waals surface area contributed by atoms with Gasteiger partial charge in [0.2, 0.25) is 0 Å². The van der Waals surface area contributed by atoms with Gasteiger partial charge in [-0.1, -0.05) is 30.3 Å². The van der Waals surface area contributed by atoms with Gasteiger partial charge in [-0.3, -0.25) is 0 Å². The summed E-state index contributed by atoms with van der Waals surface area (Å²) in [5.41, 5.74) is 0.909. The molecule has 0 amide bonds. The minimum atomic E-state index is -0.567. The maximum absolute atomic E-state index is 9.95. The Kier molecular flexibility index (Phi) is 6.45. The highest BCUT2D eigenvalue weighted by atomic mass is 16.7. The molecule has 1 N–H and O–H groups in total. The number of hydrogen-bond acceptors (Lipinski definition) is 4. The van der Waals surface area contributed by atoms with E-state index in [0.29, 0.717) is 19.7 Å². The van der Waals surface area contributed by atoms with Crippen molar-refractivity contribution >= 4 is 0 Å². The van der Waals surface area contributed by atoms with Crippen LogP contribution >= 0.6 is 0 Å². The Hall–Kier alpha value is -0.940. The summed E-state index contributed by atoms with van der Waals surface area (Å²) in [5, 5.41) is 11.7. The molecule has 0 aliphatic carbocycles. The minimum Gasteiger partial charge on any atom is -0.389 e. The number of aliphatic hydroxyl groups is 1. The van der Waals surface area contributed by atoms with Gasteiger partial charge in [-0.2, -0.15) is 5.06 Å². The van der Waals surface area contributed by atoms with Crippen LogP contribution in [0.15, 0.2) is 30.3 Å². The standard InChI is InChI=1S/C15H25NO3/c1-15(2,3)19-12-14(17)11-16(18-4)10-13-8-6-5-7-9-13/h5-9,14,17H,10-12H2,1-4H3. The Bertz CT molecular complexity index is 348. The van der Waals surface area contributed by atoms with E-state index in [0.717, 1.165) is 5.56 Å². The summed E-state index contributed by atoms with van der Waals surface area (Å²) in [7, 11) is 1.61. The van der Waals surface area contributed by atoms with Crippen LogP contribution in [-0.4, -0.2) is 42.1 Å². The molecule has 0 aromatic heterocycles. The average Bonchev–Trinajstić information content (AvgIpc) is 2.36. The molecule has 1 unspecified atom stereocenters. The van der Waals surface area contributed by atoms with E-state index < -0.39 is 6.10 Å². The number of ether oxygens (including phenoxy) is 1. The molecule has 0 heterocycles. The first-order valence-electron chi connectivity index (χ1n) is 6.56. The summed E-state index contributed by atoms with van der Waals surface area (Å²) in [4.78, 5) is 5.27. The predicted molar refractivity (Wildman–Crippen MR) is 75.6 cm³/mol. The van der Waals surface area contributed by atoms with Gasteiger partial charge in [-0.25, -0.2) is 0 Å². The lowest BCUT2D eigenvalue weighted by atomic mass is 10.2. The molecule has 1 atom stereocenters. The van der Waals surface area contributed by atoms with Crippen molar-refractivity contribution < 1.29 is 14.7 Å². The fraction of sp³-hybridized carbons (Fsp3) is 0.600. The second-order valence-corrected chi connectivity index (χ2v) is 5.57. The lowest BCUT2D eigenvalue weighted by molar-refractivity contribution is -0.165. The Balaban J connectivity index is 2.39. The fourth-order valence-corrected chi connectivity index (χ4v) is 1.62. The van der Waals surface area contributed by atoms with Gasteiger partial charge in [0.15, 0.2) is 0 Å². The summed E-state index contributed by atoms with van der Waals surface area (Å²) < 4.78 is 5.55. The first kappa shape index (κ1) is 16.1. The molecule has 1 aromatic rings. The molecule has 1 aromatic carbocycles. The SMILES string of the molecule is CON(Cc1ccccc1)CC(O)COC(C)(C)C. The molecule has 4 heteroatoms. The summed E-state index contributed by atoms with van der Waals surface area (Å²) in [6.07, 6.45) is -0.567. The number of rotatable bonds is 7. The number of benzene rings is 1. The molecule has 108 valence electrons. The molecular formula is C15H25NO3. The number of nitrogens with zero attached hydrogens (tertiary/aromatic N) is 1. The summed E-state index contributed by atoms with van der Waals surface area (Å²) in [6, 6.07) is 10.0. The molecule has 0 saturated carbocycles. The van der Waals surface area contributed by atoms with Crippen molar-refractivity contribution in [3.63, 3.8) is 0 Å². The highest BCUT2D eigenvalue weighted by Gasteiger charge is 2.16. The van der Waals surface area contributed by atoms with E-state index in [9.17, 15) is 5.11 Å². The molecule has 0 saturated heterocycles. The van der Waals surface area contributed by atoms with Crippen LogP contribution in [0.2, 0.25) is 0 Å². The van der Waals surface area contributed by atoms with E-state index in [1.807, 2.05) is 51.1 Å². The van der Waals surface area contributed by atoms with Crippen molar-refractivity contribution in [3.8, 4) is 0 Å². The number of hydroxylamine groups is 2. The van der Waals surface area contributed by atoms with Crippen LogP contribution in [0.1, 0.15) is 26.3 Å². The van der Waals surface area contributed by atoms with Crippen molar-refractivity contribution in [3.05, 3.63) is 35.9 Å². The van der Waals surface area contributed by atoms with Crippen LogP contribution in [-0.2, 0) is 16.1 Å². The largest absolute Gasteiger partial charge is 0.389 e. The highest BCUT2D eigenvalue weighted by molar-refractivity contribution is 5.14. The van der Waals surface area contributed by atoms with Crippen molar-refractivity contribution in [2.45, 2.75) is 39.0 Å². The second-order valence-electron chi connectivity index (χ2n) is 5.57. The third-order valence-electron chi connectivity index (χ3n) is 2.58. The molecule has 1 rings (SSSR count). The second kappa shape index (κ2) is 7.60. The molecule has 0 bridgehead atoms. The predicted octanol–water partition coefficient (Wildman–Crippen LogP) is 2.23. The van der Waals surface area contributed by atoms with Gasteiger partial charge < -0.3 is 14.7 Å². The Morgan fingerprint density at radius 3 is 2.37 bits per heavy atom. The van der Waals surface area contributed by atoms with Crippen LogP contribution in [0.5, 0.6) is 0 Å². The zero-order chi connectivity index (χ0) is 14.3. The van der Waals surface area contributed by atoms with Crippen molar-refractivity contribution in [1.29, 1.82) is 0 Å². The molecule has 4 nitrogen and oxygen atoms in total. The summed E-state index contributed by atoms with van der Waals surface area (Å²) in [6.45, 7) is 7.27. The van der Waals surface area contributed by atoms with E-state index >= 15 is 0 Å². The number of aliphatic hydroxyl groups excluding tert-OH is 1. The molecule has 0 fully saturated rings. The van der Waals surface area contributed by atoms with Crippen LogP contribution < -0.4 is 0 Å². The molecular weight excluding hydrogens is 242 g/mol. The van der Waals surface area contributed by atoms with Gasteiger partial charge in [0.05, 0.1) is 32.0 Å². The minimum absolute atomic E-state index is 0.238. The van der Waals surface area contributed by atoms with Gasteiger partial charge in [-0.05, 0) is 26.3 Å². The lowest BCUT2D eigenvalue weighted by Crippen LogP contribution is -2.36. The summed E-state index contributed by atoms with van der Waals surface area (Å²) >= 11 is 0. The Labute approximate surface area is 115 Å².